The third-order valence-electron chi connectivity index (χ3n) is 7.74. The van der Waals surface area contributed by atoms with Gasteiger partial charge in [-0.05, 0) is 75.3 Å². The second-order valence-corrected chi connectivity index (χ2v) is 10.9. The molecule has 3 aromatic rings. The summed E-state index contributed by atoms with van der Waals surface area (Å²) in [5.41, 5.74) is 5.05. The van der Waals surface area contributed by atoms with Crippen molar-refractivity contribution in [1.82, 2.24) is 9.88 Å². The number of aliphatic carboxylic acids is 1. The van der Waals surface area contributed by atoms with Crippen LogP contribution in [0.5, 0.6) is 5.75 Å². The standard InChI is InChI=1S/C31H36N2O4/c1-31(2,17-9-8-14-27(34)35)32-30(36)22-15-16-23-25(20-22)33-18-19-37-26-13-7-6-12-24(26)29(33)28(23)21-10-4-3-5-11-21/h6-8,12-16,20-21H,3-5,9-11,17-19H2,1-2H3,(H,32,36)(H,34,35)/b14-8+. The Bertz CT molecular complexity index is 1340. The van der Waals surface area contributed by atoms with E-state index in [1.165, 1.54) is 48.7 Å². The predicted molar refractivity (Wildman–Crippen MR) is 146 cm³/mol. The summed E-state index contributed by atoms with van der Waals surface area (Å²) in [5.74, 6) is 0.366. The quantitative estimate of drug-likeness (QED) is 0.355. The molecule has 1 amide bonds. The molecule has 0 saturated heterocycles. The van der Waals surface area contributed by atoms with Crippen molar-refractivity contribution in [2.45, 2.75) is 76.8 Å². The Balaban J connectivity index is 1.52. The number of amides is 1. The lowest BCUT2D eigenvalue weighted by molar-refractivity contribution is -0.131. The molecule has 0 bridgehead atoms. The Kier molecular flexibility index (Phi) is 7.09. The van der Waals surface area contributed by atoms with Crippen LogP contribution in [0.15, 0.2) is 54.6 Å². The highest BCUT2D eigenvalue weighted by atomic mass is 16.5. The van der Waals surface area contributed by atoms with Crippen molar-refractivity contribution < 1.29 is 19.4 Å². The molecular formula is C31H36N2O4. The zero-order chi connectivity index (χ0) is 26.0. The zero-order valence-electron chi connectivity index (χ0n) is 21.8. The smallest absolute Gasteiger partial charge is 0.327 e. The van der Waals surface area contributed by atoms with Gasteiger partial charge in [0.25, 0.3) is 5.91 Å². The van der Waals surface area contributed by atoms with Gasteiger partial charge in [-0.3, -0.25) is 4.79 Å². The van der Waals surface area contributed by atoms with Crippen molar-refractivity contribution >= 4 is 22.8 Å². The Labute approximate surface area is 218 Å². The van der Waals surface area contributed by atoms with Gasteiger partial charge in [-0.15, -0.1) is 0 Å². The number of rotatable bonds is 7. The molecule has 1 aliphatic heterocycles. The molecule has 1 aliphatic carbocycles. The monoisotopic (exact) mass is 500 g/mol. The molecule has 6 nitrogen and oxygen atoms in total. The minimum atomic E-state index is -0.956. The molecule has 0 atom stereocenters. The van der Waals surface area contributed by atoms with Crippen LogP contribution in [0, 0.1) is 0 Å². The van der Waals surface area contributed by atoms with E-state index in [4.69, 9.17) is 9.84 Å². The predicted octanol–water partition coefficient (Wildman–Crippen LogP) is 6.68. The van der Waals surface area contributed by atoms with Crippen LogP contribution in [0.3, 0.4) is 0 Å². The van der Waals surface area contributed by atoms with E-state index in [1.54, 1.807) is 6.08 Å². The number of aromatic nitrogens is 1. The molecule has 6 heteroatoms. The van der Waals surface area contributed by atoms with E-state index in [0.717, 1.165) is 29.5 Å². The van der Waals surface area contributed by atoms with Crippen molar-refractivity contribution in [2.75, 3.05) is 6.61 Å². The first kappa shape index (κ1) is 25.1. The molecule has 0 unspecified atom stereocenters. The first-order chi connectivity index (χ1) is 17.8. The van der Waals surface area contributed by atoms with Gasteiger partial charge in [0.2, 0.25) is 0 Å². The molecule has 1 fully saturated rings. The van der Waals surface area contributed by atoms with Gasteiger partial charge < -0.3 is 19.7 Å². The first-order valence-corrected chi connectivity index (χ1v) is 13.4. The first-order valence-electron chi connectivity index (χ1n) is 13.4. The summed E-state index contributed by atoms with van der Waals surface area (Å²) >= 11 is 0. The SMILES string of the molecule is CC(C)(CC/C=C/C(=O)O)NC(=O)c1ccc2c(C3CCCCC3)c3n(c2c1)CCOc1ccccc1-3. The van der Waals surface area contributed by atoms with Crippen LogP contribution >= 0.6 is 0 Å². The van der Waals surface area contributed by atoms with Crippen LogP contribution in [0.4, 0.5) is 0 Å². The lowest BCUT2D eigenvalue weighted by Gasteiger charge is -2.26. The summed E-state index contributed by atoms with van der Waals surface area (Å²) in [5, 5.41) is 13.2. The fourth-order valence-corrected chi connectivity index (χ4v) is 5.95. The Morgan fingerprint density at radius 3 is 2.70 bits per heavy atom. The molecule has 2 aromatic carbocycles. The highest BCUT2D eigenvalue weighted by Gasteiger charge is 2.30. The van der Waals surface area contributed by atoms with Crippen molar-refractivity contribution in [2.24, 2.45) is 0 Å². The number of ether oxygens (including phenoxy) is 1. The highest BCUT2D eigenvalue weighted by molar-refractivity contribution is 6.01. The van der Waals surface area contributed by atoms with Crippen molar-refractivity contribution in [3.8, 4) is 17.0 Å². The average molecular weight is 501 g/mol. The molecule has 2 N–H and O–H groups in total. The molecule has 194 valence electrons. The number of para-hydroxylation sites is 1. The van der Waals surface area contributed by atoms with Gasteiger partial charge in [0.15, 0.2) is 0 Å². The summed E-state index contributed by atoms with van der Waals surface area (Å²) in [4.78, 5) is 24.1. The van der Waals surface area contributed by atoms with E-state index in [0.29, 0.717) is 30.9 Å². The lowest BCUT2D eigenvalue weighted by atomic mass is 9.81. The van der Waals surface area contributed by atoms with Crippen LogP contribution in [0.1, 0.15) is 80.6 Å². The Hall–Kier alpha value is -3.54. The van der Waals surface area contributed by atoms with Crippen molar-refractivity contribution in [3.63, 3.8) is 0 Å². The Morgan fingerprint density at radius 2 is 1.92 bits per heavy atom. The number of carboxylic acid groups (broad SMARTS) is 1. The van der Waals surface area contributed by atoms with E-state index < -0.39 is 11.5 Å². The summed E-state index contributed by atoms with van der Waals surface area (Å²) in [6.45, 7) is 5.26. The number of hydrogen-bond donors (Lipinski definition) is 2. The normalized spacial score (nSPS) is 16.2. The number of carbonyl (C=O) groups excluding carboxylic acids is 1. The van der Waals surface area contributed by atoms with Gasteiger partial charge in [0, 0.05) is 33.6 Å². The fraction of sp³-hybridized carbons (Fsp3) is 0.419. The van der Waals surface area contributed by atoms with E-state index in [-0.39, 0.29) is 5.91 Å². The molecule has 0 radical (unpaired) electrons. The third-order valence-corrected chi connectivity index (χ3v) is 7.74. The van der Waals surface area contributed by atoms with E-state index >= 15 is 0 Å². The van der Waals surface area contributed by atoms with Crippen LogP contribution in [-0.4, -0.2) is 33.7 Å². The number of nitrogens with zero attached hydrogens (tertiary/aromatic N) is 1. The fourth-order valence-electron chi connectivity index (χ4n) is 5.95. The third kappa shape index (κ3) is 5.29. The molecule has 1 saturated carbocycles. The van der Waals surface area contributed by atoms with E-state index in [9.17, 15) is 9.59 Å². The van der Waals surface area contributed by atoms with Gasteiger partial charge in [0.1, 0.15) is 12.4 Å². The number of fused-ring (bicyclic) bond motifs is 5. The molecule has 5 rings (SSSR count). The second-order valence-electron chi connectivity index (χ2n) is 10.9. The van der Waals surface area contributed by atoms with Crippen molar-refractivity contribution in [1.29, 1.82) is 0 Å². The molecular weight excluding hydrogens is 464 g/mol. The molecule has 2 heterocycles. The van der Waals surface area contributed by atoms with Crippen LogP contribution < -0.4 is 10.1 Å². The number of nitrogens with one attached hydrogen (secondary N) is 1. The average Bonchev–Trinajstić information content (AvgIpc) is 3.08. The zero-order valence-corrected chi connectivity index (χ0v) is 21.8. The second kappa shape index (κ2) is 10.4. The topological polar surface area (TPSA) is 80.6 Å². The summed E-state index contributed by atoms with van der Waals surface area (Å²) in [7, 11) is 0. The number of carbonyl (C=O) groups is 2. The maximum Gasteiger partial charge on any atom is 0.327 e. The lowest BCUT2D eigenvalue weighted by Crippen LogP contribution is -2.43. The van der Waals surface area contributed by atoms with Crippen molar-refractivity contribution in [3.05, 3.63) is 65.7 Å². The number of carboxylic acids is 1. The highest BCUT2D eigenvalue weighted by Crippen LogP contribution is 2.47. The molecule has 2 aliphatic rings. The Morgan fingerprint density at radius 1 is 1.14 bits per heavy atom. The number of hydrogen-bond acceptors (Lipinski definition) is 3. The van der Waals surface area contributed by atoms with Gasteiger partial charge in [-0.25, -0.2) is 4.79 Å². The minimum absolute atomic E-state index is 0.117. The van der Waals surface area contributed by atoms with Crippen LogP contribution in [0.2, 0.25) is 0 Å². The molecule has 0 spiro atoms. The van der Waals surface area contributed by atoms with Gasteiger partial charge in [-0.1, -0.05) is 43.5 Å². The van der Waals surface area contributed by atoms with E-state index in [1.807, 2.05) is 32.0 Å². The van der Waals surface area contributed by atoms with Crippen LogP contribution in [-0.2, 0) is 11.3 Å². The van der Waals surface area contributed by atoms with Gasteiger partial charge in [0.05, 0.1) is 12.2 Å². The largest absolute Gasteiger partial charge is 0.491 e. The number of allylic oxidation sites excluding steroid dienone is 1. The minimum Gasteiger partial charge on any atom is -0.491 e. The summed E-state index contributed by atoms with van der Waals surface area (Å²) < 4.78 is 8.51. The summed E-state index contributed by atoms with van der Waals surface area (Å²) in [6.07, 6.45) is 10.2. The maximum absolute atomic E-state index is 13.3. The van der Waals surface area contributed by atoms with E-state index in [2.05, 4.69) is 34.1 Å². The van der Waals surface area contributed by atoms with Crippen LogP contribution in [0.25, 0.3) is 22.2 Å². The summed E-state index contributed by atoms with van der Waals surface area (Å²) in [6, 6.07) is 14.4. The maximum atomic E-state index is 13.3. The number of benzene rings is 2. The molecule has 37 heavy (non-hydrogen) atoms. The van der Waals surface area contributed by atoms with Gasteiger partial charge >= 0.3 is 5.97 Å². The van der Waals surface area contributed by atoms with Gasteiger partial charge in [-0.2, -0.15) is 0 Å². The molecule has 1 aromatic heterocycles.